The van der Waals surface area contributed by atoms with Gasteiger partial charge in [-0.15, -0.1) is 0 Å². The molecule has 0 aliphatic carbocycles. The third kappa shape index (κ3) is 2.48. The highest BCUT2D eigenvalue weighted by molar-refractivity contribution is 5.23. The van der Waals surface area contributed by atoms with Crippen molar-refractivity contribution in [2.45, 2.75) is 38.4 Å². The van der Waals surface area contributed by atoms with Crippen LogP contribution >= 0.6 is 0 Å². The molecule has 0 heterocycles. The summed E-state index contributed by atoms with van der Waals surface area (Å²) < 4.78 is 32.0. The van der Waals surface area contributed by atoms with Gasteiger partial charge < -0.3 is 9.84 Å². The zero-order chi connectivity index (χ0) is 13.1. The van der Waals surface area contributed by atoms with Crippen LogP contribution in [0.5, 0.6) is 0 Å². The second kappa shape index (κ2) is 5.56. The number of hydrogen-bond donors (Lipinski definition) is 1. The van der Waals surface area contributed by atoms with Gasteiger partial charge in [-0.1, -0.05) is 26.0 Å². The van der Waals surface area contributed by atoms with Crippen molar-refractivity contribution in [1.82, 2.24) is 0 Å². The molecule has 17 heavy (non-hydrogen) atoms. The monoisotopic (exact) mass is 244 g/mol. The van der Waals surface area contributed by atoms with Crippen molar-refractivity contribution in [2.24, 2.45) is 0 Å². The van der Waals surface area contributed by atoms with Crippen LogP contribution in [0.1, 0.15) is 38.4 Å². The Kier molecular flexibility index (Phi) is 4.60. The summed E-state index contributed by atoms with van der Waals surface area (Å²) in [5.41, 5.74) is -0.940. The van der Waals surface area contributed by atoms with Crippen molar-refractivity contribution >= 4 is 0 Å². The molecule has 0 aromatic heterocycles. The number of ether oxygens (including phenoxy) is 1. The van der Waals surface area contributed by atoms with Gasteiger partial charge in [-0.2, -0.15) is 0 Å². The lowest BCUT2D eigenvalue weighted by molar-refractivity contribution is -0.111. The maximum Gasteiger partial charge on any atom is 0.164 e. The SMILES string of the molecule is CCC(CC)(OC)C(O)c1cccc(F)c1F. The number of hydrogen-bond acceptors (Lipinski definition) is 2. The van der Waals surface area contributed by atoms with Gasteiger partial charge in [0.25, 0.3) is 0 Å². The van der Waals surface area contributed by atoms with Crippen LogP contribution in [0.3, 0.4) is 0 Å². The van der Waals surface area contributed by atoms with Gasteiger partial charge in [0.2, 0.25) is 0 Å². The first-order valence-electron chi connectivity index (χ1n) is 5.69. The normalized spacial score (nSPS) is 13.8. The van der Waals surface area contributed by atoms with Crippen LogP contribution in [0.4, 0.5) is 8.78 Å². The Morgan fingerprint density at radius 1 is 1.29 bits per heavy atom. The van der Waals surface area contributed by atoms with Crippen molar-refractivity contribution in [3.05, 3.63) is 35.4 Å². The lowest BCUT2D eigenvalue weighted by Gasteiger charge is -2.35. The molecule has 0 saturated carbocycles. The Balaban J connectivity index is 3.18. The van der Waals surface area contributed by atoms with E-state index in [-0.39, 0.29) is 5.56 Å². The molecule has 4 heteroatoms. The first-order chi connectivity index (χ1) is 8.02. The number of halogens is 2. The Morgan fingerprint density at radius 3 is 2.35 bits per heavy atom. The Labute approximate surface area is 100 Å². The van der Waals surface area contributed by atoms with Crippen LogP contribution in [-0.2, 0) is 4.74 Å². The summed E-state index contributed by atoms with van der Waals surface area (Å²) in [6.07, 6.45) is -0.160. The van der Waals surface area contributed by atoms with Gasteiger partial charge in [-0.25, -0.2) is 8.78 Å². The summed E-state index contributed by atoms with van der Waals surface area (Å²) in [7, 11) is 1.47. The van der Waals surface area contributed by atoms with Crippen LogP contribution in [0.25, 0.3) is 0 Å². The van der Waals surface area contributed by atoms with E-state index in [2.05, 4.69) is 0 Å². The van der Waals surface area contributed by atoms with Gasteiger partial charge >= 0.3 is 0 Å². The minimum absolute atomic E-state index is 0.0597. The minimum atomic E-state index is -1.18. The molecule has 1 atom stereocenters. The number of methoxy groups -OCH3 is 1. The Bertz CT molecular complexity index is 367. The zero-order valence-corrected chi connectivity index (χ0v) is 10.3. The standard InChI is InChI=1S/C13H18F2O2/c1-4-13(5-2,17-3)12(16)9-7-6-8-10(14)11(9)15/h6-8,12,16H,4-5H2,1-3H3. The Morgan fingerprint density at radius 2 is 1.88 bits per heavy atom. The fourth-order valence-corrected chi connectivity index (χ4v) is 2.05. The summed E-state index contributed by atoms with van der Waals surface area (Å²) in [4.78, 5) is 0. The molecular formula is C13H18F2O2. The first-order valence-corrected chi connectivity index (χ1v) is 5.69. The maximum absolute atomic E-state index is 13.6. The lowest BCUT2D eigenvalue weighted by atomic mass is 9.86. The van der Waals surface area contributed by atoms with E-state index in [0.717, 1.165) is 6.07 Å². The molecule has 0 aliphatic rings. The second-order valence-corrected chi connectivity index (χ2v) is 4.02. The van der Waals surface area contributed by atoms with Gasteiger partial charge in [0, 0.05) is 12.7 Å². The van der Waals surface area contributed by atoms with E-state index in [0.29, 0.717) is 12.8 Å². The largest absolute Gasteiger partial charge is 0.385 e. The van der Waals surface area contributed by atoms with E-state index >= 15 is 0 Å². The fraction of sp³-hybridized carbons (Fsp3) is 0.538. The smallest absolute Gasteiger partial charge is 0.164 e. The first kappa shape index (κ1) is 14.1. The molecule has 0 radical (unpaired) electrons. The average molecular weight is 244 g/mol. The number of rotatable bonds is 5. The third-order valence-corrected chi connectivity index (χ3v) is 3.38. The van der Waals surface area contributed by atoms with Crippen LogP contribution in [0, 0.1) is 11.6 Å². The number of aliphatic hydroxyl groups excluding tert-OH is 1. The summed E-state index contributed by atoms with van der Waals surface area (Å²) in [5, 5.41) is 10.2. The number of aliphatic hydroxyl groups is 1. The molecule has 1 unspecified atom stereocenters. The van der Waals surface area contributed by atoms with Crippen LogP contribution in [0.2, 0.25) is 0 Å². The predicted molar refractivity (Wildman–Crippen MR) is 61.6 cm³/mol. The molecule has 0 fully saturated rings. The highest BCUT2D eigenvalue weighted by Crippen LogP contribution is 2.36. The van der Waals surface area contributed by atoms with Gasteiger partial charge in [0.05, 0.1) is 5.60 Å². The van der Waals surface area contributed by atoms with Crippen molar-refractivity contribution in [1.29, 1.82) is 0 Å². The van der Waals surface area contributed by atoms with Crippen LogP contribution in [0.15, 0.2) is 18.2 Å². The molecule has 0 aliphatic heterocycles. The molecule has 1 aromatic carbocycles. The number of benzene rings is 1. The molecule has 96 valence electrons. The lowest BCUT2D eigenvalue weighted by Crippen LogP contribution is -2.37. The van der Waals surface area contributed by atoms with Crippen LogP contribution < -0.4 is 0 Å². The van der Waals surface area contributed by atoms with Crippen molar-refractivity contribution in [2.75, 3.05) is 7.11 Å². The zero-order valence-electron chi connectivity index (χ0n) is 10.3. The third-order valence-electron chi connectivity index (χ3n) is 3.38. The van der Waals surface area contributed by atoms with Crippen LogP contribution in [-0.4, -0.2) is 17.8 Å². The van der Waals surface area contributed by atoms with E-state index in [1.54, 1.807) is 0 Å². The van der Waals surface area contributed by atoms with E-state index in [4.69, 9.17) is 4.74 Å². The van der Waals surface area contributed by atoms with Crippen molar-refractivity contribution in [3.8, 4) is 0 Å². The molecule has 0 bridgehead atoms. The molecule has 0 saturated heterocycles. The fourth-order valence-electron chi connectivity index (χ4n) is 2.05. The van der Waals surface area contributed by atoms with Gasteiger partial charge in [-0.3, -0.25) is 0 Å². The van der Waals surface area contributed by atoms with Gasteiger partial charge in [0.1, 0.15) is 6.10 Å². The van der Waals surface area contributed by atoms with Crippen molar-refractivity contribution < 1.29 is 18.6 Å². The highest BCUT2D eigenvalue weighted by Gasteiger charge is 2.37. The average Bonchev–Trinajstić information content (AvgIpc) is 2.35. The van der Waals surface area contributed by atoms with Gasteiger partial charge in [0.15, 0.2) is 11.6 Å². The van der Waals surface area contributed by atoms with Gasteiger partial charge in [-0.05, 0) is 18.9 Å². The molecule has 0 spiro atoms. The molecule has 0 amide bonds. The van der Waals surface area contributed by atoms with E-state index in [1.807, 2.05) is 13.8 Å². The quantitative estimate of drug-likeness (QED) is 0.861. The molecule has 1 rings (SSSR count). The predicted octanol–water partition coefficient (Wildman–Crippen LogP) is 3.20. The van der Waals surface area contributed by atoms with Crippen molar-refractivity contribution in [3.63, 3.8) is 0 Å². The Hall–Kier alpha value is -1.00. The maximum atomic E-state index is 13.6. The molecular weight excluding hydrogens is 226 g/mol. The molecule has 1 N–H and O–H groups in total. The highest BCUT2D eigenvalue weighted by atomic mass is 19.2. The van der Waals surface area contributed by atoms with E-state index in [9.17, 15) is 13.9 Å². The van der Waals surface area contributed by atoms with E-state index < -0.39 is 23.3 Å². The molecule has 2 nitrogen and oxygen atoms in total. The second-order valence-electron chi connectivity index (χ2n) is 4.02. The minimum Gasteiger partial charge on any atom is -0.385 e. The summed E-state index contributed by atoms with van der Waals surface area (Å²) in [6, 6.07) is 3.78. The summed E-state index contributed by atoms with van der Waals surface area (Å²) >= 11 is 0. The topological polar surface area (TPSA) is 29.5 Å². The summed E-state index contributed by atoms with van der Waals surface area (Å²) in [6.45, 7) is 3.68. The van der Waals surface area contributed by atoms with E-state index in [1.165, 1.54) is 19.2 Å². The summed E-state index contributed by atoms with van der Waals surface area (Å²) in [5.74, 6) is -1.97. The molecule has 1 aromatic rings.